The number of carboxylic acids is 1. The number of hydrogen-bond acceptors (Lipinski definition) is 3. The summed E-state index contributed by atoms with van der Waals surface area (Å²) >= 11 is 0. The molecule has 0 aliphatic carbocycles. The van der Waals surface area contributed by atoms with Crippen LogP contribution in [0.15, 0.2) is 24.3 Å². The Morgan fingerprint density at radius 1 is 1.33 bits per heavy atom. The highest BCUT2D eigenvalue weighted by Crippen LogP contribution is 2.25. The fourth-order valence-electron chi connectivity index (χ4n) is 3.08. The van der Waals surface area contributed by atoms with Crippen molar-refractivity contribution in [3.63, 3.8) is 0 Å². The molecule has 6 nitrogen and oxygen atoms in total. The maximum absolute atomic E-state index is 12.6. The average molecular weight is 327 g/mol. The number of fused-ring (bicyclic) bond motifs is 1. The van der Waals surface area contributed by atoms with Crippen LogP contribution in [-0.4, -0.2) is 64.7 Å². The molecule has 1 aromatic rings. The summed E-state index contributed by atoms with van der Waals surface area (Å²) in [6, 6.07) is 6.69. The second kappa shape index (κ2) is 6.17. The van der Waals surface area contributed by atoms with Gasteiger partial charge < -0.3 is 20.2 Å². The number of aromatic carboxylic acids is 1. The molecule has 0 spiro atoms. The van der Waals surface area contributed by atoms with E-state index in [-0.39, 0.29) is 17.6 Å². The van der Waals surface area contributed by atoms with Crippen molar-refractivity contribution in [1.82, 2.24) is 15.1 Å². The Kier molecular flexibility index (Phi) is 4.20. The Labute approximate surface area is 141 Å². The number of carbonyl (C=O) groups is 2. The van der Waals surface area contributed by atoms with Gasteiger partial charge in [0.25, 0.3) is 0 Å². The molecule has 2 aliphatic heterocycles. The van der Waals surface area contributed by atoms with Crippen LogP contribution in [0.5, 0.6) is 0 Å². The number of carboxylic acid groups (broad SMARTS) is 1. The number of piperazine rings is 1. The second-order valence-corrected chi connectivity index (χ2v) is 6.64. The lowest BCUT2D eigenvalue weighted by Gasteiger charge is -2.30. The molecule has 2 heterocycles. The first-order valence-electron chi connectivity index (χ1n) is 8.04. The minimum atomic E-state index is -0.956. The Balaban J connectivity index is 1.76. The van der Waals surface area contributed by atoms with Crippen molar-refractivity contribution in [2.24, 2.45) is 0 Å². The van der Waals surface area contributed by atoms with Crippen LogP contribution in [0, 0.1) is 11.8 Å². The van der Waals surface area contributed by atoms with Crippen molar-refractivity contribution in [2.75, 3.05) is 26.2 Å². The van der Waals surface area contributed by atoms with Gasteiger partial charge in [0.2, 0.25) is 0 Å². The molecule has 1 unspecified atom stereocenters. The lowest BCUT2D eigenvalue weighted by Crippen LogP contribution is -2.50. The number of nitrogens with zero attached hydrogens (tertiary/aromatic N) is 2. The summed E-state index contributed by atoms with van der Waals surface area (Å²) in [5.41, 5.74) is 0.387. The molecule has 2 saturated heterocycles. The molecule has 0 bridgehead atoms. The first-order chi connectivity index (χ1) is 11.4. The molecule has 3 rings (SSSR count). The highest BCUT2D eigenvalue weighted by molar-refractivity contribution is 5.87. The van der Waals surface area contributed by atoms with Crippen LogP contribution < -0.4 is 5.32 Å². The van der Waals surface area contributed by atoms with E-state index in [1.165, 1.54) is 12.1 Å². The SMILES string of the molecule is CC(C)(C#Cc1ccc(C(=O)O)cc1)N1CC2CNCCN2C1=O. The second-order valence-electron chi connectivity index (χ2n) is 6.64. The molecule has 0 radical (unpaired) electrons. The van der Waals surface area contributed by atoms with E-state index in [9.17, 15) is 9.59 Å². The van der Waals surface area contributed by atoms with E-state index in [1.54, 1.807) is 12.1 Å². The molecule has 1 atom stereocenters. The predicted molar refractivity (Wildman–Crippen MR) is 89.8 cm³/mol. The fraction of sp³-hybridized carbons (Fsp3) is 0.444. The molecule has 0 aromatic heterocycles. The molecule has 2 amide bonds. The van der Waals surface area contributed by atoms with Gasteiger partial charge in [-0.3, -0.25) is 0 Å². The molecule has 0 saturated carbocycles. The number of hydrogen-bond donors (Lipinski definition) is 2. The third kappa shape index (κ3) is 3.08. The van der Waals surface area contributed by atoms with Gasteiger partial charge in [0, 0.05) is 31.7 Å². The van der Waals surface area contributed by atoms with Crippen molar-refractivity contribution < 1.29 is 14.7 Å². The molecule has 2 N–H and O–H groups in total. The highest BCUT2D eigenvalue weighted by atomic mass is 16.4. The standard InChI is InChI=1S/C18H21N3O3/c1-18(2,8-7-13-3-5-14(6-4-13)16(22)23)21-12-15-11-19-9-10-20(15)17(21)24/h3-6,15,19H,9-12H2,1-2H3,(H,22,23). The van der Waals surface area contributed by atoms with E-state index in [2.05, 4.69) is 17.2 Å². The summed E-state index contributed by atoms with van der Waals surface area (Å²) in [5.74, 6) is 5.27. The molecule has 6 heteroatoms. The average Bonchev–Trinajstić information content (AvgIpc) is 2.92. The molecular formula is C18H21N3O3. The van der Waals surface area contributed by atoms with Gasteiger partial charge in [0.05, 0.1) is 11.6 Å². The van der Waals surface area contributed by atoms with Crippen LogP contribution in [0.3, 0.4) is 0 Å². The first-order valence-corrected chi connectivity index (χ1v) is 8.04. The van der Waals surface area contributed by atoms with Crippen molar-refractivity contribution >= 4 is 12.0 Å². The van der Waals surface area contributed by atoms with Crippen molar-refractivity contribution in [3.05, 3.63) is 35.4 Å². The van der Waals surface area contributed by atoms with Crippen LogP contribution >= 0.6 is 0 Å². The van der Waals surface area contributed by atoms with Crippen molar-refractivity contribution in [1.29, 1.82) is 0 Å². The normalized spacial score (nSPS) is 20.4. The summed E-state index contributed by atoms with van der Waals surface area (Å²) in [6.45, 7) is 6.94. The largest absolute Gasteiger partial charge is 0.478 e. The molecule has 2 fully saturated rings. The monoisotopic (exact) mass is 327 g/mol. The Hall–Kier alpha value is -2.52. The maximum atomic E-state index is 12.6. The summed E-state index contributed by atoms with van der Waals surface area (Å²) in [7, 11) is 0. The smallest absolute Gasteiger partial charge is 0.335 e. The Morgan fingerprint density at radius 2 is 2.04 bits per heavy atom. The van der Waals surface area contributed by atoms with Crippen LogP contribution in [0.2, 0.25) is 0 Å². The predicted octanol–water partition coefficient (Wildman–Crippen LogP) is 1.22. The van der Waals surface area contributed by atoms with E-state index in [0.29, 0.717) is 6.54 Å². The van der Waals surface area contributed by atoms with Crippen LogP contribution in [0.1, 0.15) is 29.8 Å². The van der Waals surface area contributed by atoms with Gasteiger partial charge in [-0.1, -0.05) is 11.8 Å². The molecule has 126 valence electrons. The lowest BCUT2D eigenvalue weighted by molar-refractivity contribution is 0.0697. The molecule has 24 heavy (non-hydrogen) atoms. The van der Waals surface area contributed by atoms with Crippen molar-refractivity contribution in [2.45, 2.75) is 25.4 Å². The van der Waals surface area contributed by atoms with E-state index in [0.717, 1.165) is 25.2 Å². The van der Waals surface area contributed by atoms with E-state index >= 15 is 0 Å². The number of urea groups is 1. The van der Waals surface area contributed by atoms with Gasteiger partial charge in [-0.25, -0.2) is 9.59 Å². The zero-order valence-electron chi connectivity index (χ0n) is 13.9. The highest BCUT2D eigenvalue weighted by Gasteiger charge is 2.44. The lowest BCUT2D eigenvalue weighted by atomic mass is 10.0. The number of carbonyl (C=O) groups excluding carboxylic acids is 1. The van der Waals surface area contributed by atoms with E-state index < -0.39 is 11.5 Å². The van der Waals surface area contributed by atoms with Crippen molar-refractivity contribution in [3.8, 4) is 11.8 Å². The maximum Gasteiger partial charge on any atom is 0.335 e. The molecular weight excluding hydrogens is 306 g/mol. The van der Waals surface area contributed by atoms with Crippen LogP contribution in [-0.2, 0) is 0 Å². The minimum absolute atomic E-state index is 0.0435. The first kappa shape index (κ1) is 16.3. The molecule has 2 aliphatic rings. The van der Waals surface area contributed by atoms with E-state index in [4.69, 9.17) is 5.11 Å². The quantitative estimate of drug-likeness (QED) is 0.801. The Morgan fingerprint density at radius 3 is 2.67 bits per heavy atom. The minimum Gasteiger partial charge on any atom is -0.478 e. The van der Waals surface area contributed by atoms with Gasteiger partial charge in [-0.15, -0.1) is 0 Å². The zero-order valence-corrected chi connectivity index (χ0v) is 13.9. The summed E-state index contributed by atoms with van der Waals surface area (Å²) in [6.07, 6.45) is 0. The van der Waals surface area contributed by atoms with Gasteiger partial charge in [-0.05, 0) is 38.1 Å². The Bertz CT molecular complexity index is 715. The van der Waals surface area contributed by atoms with E-state index in [1.807, 2.05) is 23.6 Å². The van der Waals surface area contributed by atoms with Crippen LogP contribution in [0.4, 0.5) is 4.79 Å². The number of rotatable bonds is 2. The third-order valence-electron chi connectivity index (χ3n) is 4.54. The number of benzene rings is 1. The van der Waals surface area contributed by atoms with Gasteiger partial charge in [-0.2, -0.15) is 0 Å². The fourth-order valence-corrected chi connectivity index (χ4v) is 3.08. The van der Waals surface area contributed by atoms with Gasteiger partial charge in [0.1, 0.15) is 5.54 Å². The number of amides is 2. The van der Waals surface area contributed by atoms with Gasteiger partial charge >= 0.3 is 12.0 Å². The summed E-state index contributed by atoms with van der Waals surface area (Å²) in [4.78, 5) is 27.2. The number of nitrogens with one attached hydrogen (secondary N) is 1. The van der Waals surface area contributed by atoms with Crippen LogP contribution in [0.25, 0.3) is 0 Å². The molecule has 1 aromatic carbocycles. The zero-order chi connectivity index (χ0) is 17.3. The third-order valence-corrected chi connectivity index (χ3v) is 4.54. The summed E-state index contributed by atoms with van der Waals surface area (Å²) in [5, 5.41) is 12.2. The van der Waals surface area contributed by atoms with Gasteiger partial charge in [0.15, 0.2) is 0 Å². The topological polar surface area (TPSA) is 72.9 Å². The summed E-state index contributed by atoms with van der Waals surface area (Å²) < 4.78 is 0.